The van der Waals surface area contributed by atoms with E-state index in [4.69, 9.17) is 18.5 Å². The van der Waals surface area contributed by atoms with E-state index in [-0.39, 0.29) is 11.8 Å². The number of methoxy groups -OCH3 is 2. The Morgan fingerprint density at radius 1 is 1.06 bits per heavy atom. The molecular formula is C26H27N5O5. The maximum absolute atomic E-state index is 12.9. The fraction of sp³-hybridized carbons (Fsp3) is 0.308. The molecule has 1 amide bonds. The first-order chi connectivity index (χ1) is 17.6. The first-order valence-electron chi connectivity index (χ1n) is 11.7. The predicted molar refractivity (Wildman–Crippen MR) is 131 cm³/mol. The molecule has 1 aliphatic rings. The molecule has 3 heterocycles. The highest BCUT2D eigenvalue weighted by Crippen LogP contribution is 2.31. The number of ether oxygens (including phenoxy) is 2. The zero-order chi connectivity index (χ0) is 24.9. The molecule has 1 aliphatic heterocycles. The van der Waals surface area contributed by atoms with Gasteiger partial charge >= 0.3 is 0 Å². The van der Waals surface area contributed by atoms with Crippen LogP contribution in [0, 0.1) is 5.92 Å². The Morgan fingerprint density at radius 3 is 2.61 bits per heavy atom. The number of likely N-dealkylation sites (tertiary alicyclic amines) is 1. The molecule has 4 aromatic rings. The predicted octanol–water partition coefficient (Wildman–Crippen LogP) is 4.26. The molecule has 36 heavy (non-hydrogen) atoms. The third-order valence-electron chi connectivity index (χ3n) is 6.22. The van der Waals surface area contributed by atoms with Crippen LogP contribution in [0.15, 0.2) is 63.8 Å². The zero-order valence-corrected chi connectivity index (χ0v) is 20.1. The summed E-state index contributed by atoms with van der Waals surface area (Å²) < 4.78 is 21.3. The summed E-state index contributed by atoms with van der Waals surface area (Å²) in [5.41, 5.74) is 2.42. The van der Waals surface area contributed by atoms with Gasteiger partial charge in [0.15, 0.2) is 17.3 Å². The van der Waals surface area contributed by atoms with Crippen LogP contribution in [0.25, 0.3) is 22.7 Å². The van der Waals surface area contributed by atoms with Crippen LogP contribution < -0.4 is 14.8 Å². The van der Waals surface area contributed by atoms with Crippen LogP contribution in [0.4, 0.5) is 5.69 Å². The van der Waals surface area contributed by atoms with Crippen molar-refractivity contribution in [2.45, 2.75) is 19.4 Å². The molecule has 1 atom stereocenters. The van der Waals surface area contributed by atoms with E-state index >= 15 is 0 Å². The largest absolute Gasteiger partial charge is 0.493 e. The monoisotopic (exact) mass is 489 g/mol. The molecule has 5 rings (SSSR count). The van der Waals surface area contributed by atoms with Crippen molar-refractivity contribution in [3.05, 3.63) is 60.6 Å². The number of piperidine rings is 1. The van der Waals surface area contributed by atoms with Crippen molar-refractivity contribution in [1.29, 1.82) is 0 Å². The van der Waals surface area contributed by atoms with Crippen LogP contribution >= 0.6 is 0 Å². The standard InChI is InChI=1S/C26H27N5O5/c1-33-22-10-7-18(14-23(22)34-2)25-29-24(36-30-25)16-31-13-3-4-19(15-31)26(32)28-20-8-5-17(6-9-20)21-11-12-27-35-21/h5-12,14,19H,3-4,13,15-16H2,1-2H3,(H,28,32)/t19-/m1/s1. The van der Waals surface area contributed by atoms with Crippen molar-refractivity contribution < 1.29 is 23.3 Å². The van der Waals surface area contributed by atoms with Gasteiger partial charge in [-0.25, -0.2) is 0 Å². The van der Waals surface area contributed by atoms with Crippen LogP contribution in [-0.4, -0.2) is 53.4 Å². The number of nitrogens with one attached hydrogen (secondary N) is 1. The summed E-state index contributed by atoms with van der Waals surface area (Å²) in [5, 5.41) is 10.9. The number of hydrogen-bond donors (Lipinski definition) is 1. The molecule has 1 fully saturated rings. The van der Waals surface area contributed by atoms with Gasteiger partial charge < -0.3 is 23.8 Å². The second-order valence-electron chi connectivity index (χ2n) is 8.60. The Labute approximate surface area is 208 Å². The zero-order valence-electron chi connectivity index (χ0n) is 20.1. The molecule has 186 valence electrons. The summed E-state index contributed by atoms with van der Waals surface area (Å²) in [5.74, 6) is 2.78. The number of amides is 1. The molecule has 0 unspecified atom stereocenters. The maximum atomic E-state index is 12.9. The number of carbonyl (C=O) groups is 1. The van der Waals surface area contributed by atoms with E-state index in [2.05, 4.69) is 25.5 Å². The second-order valence-corrected chi connectivity index (χ2v) is 8.60. The molecule has 0 bridgehead atoms. The highest BCUT2D eigenvalue weighted by atomic mass is 16.5. The number of carbonyl (C=O) groups excluding carboxylic acids is 1. The maximum Gasteiger partial charge on any atom is 0.241 e. The fourth-order valence-electron chi connectivity index (χ4n) is 4.34. The summed E-state index contributed by atoms with van der Waals surface area (Å²) in [6.45, 7) is 1.97. The van der Waals surface area contributed by atoms with E-state index < -0.39 is 0 Å². The molecule has 0 radical (unpaired) electrons. The SMILES string of the molecule is COc1ccc(-c2noc(CN3CCC[C@@H](C(=O)Nc4ccc(-c5ccno5)cc4)C3)n2)cc1OC. The summed E-state index contributed by atoms with van der Waals surface area (Å²) in [6, 6.07) is 14.8. The van der Waals surface area contributed by atoms with Gasteiger partial charge in [0, 0.05) is 29.4 Å². The number of aromatic nitrogens is 3. The smallest absolute Gasteiger partial charge is 0.241 e. The molecule has 10 heteroatoms. The third kappa shape index (κ3) is 5.23. The van der Waals surface area contributed by atoms with Crippen molar-refractivity contribution >= 4 is 11.6 Å². The van der Waals surface area contributed by atoms with Crippen LogP contribution in [0.1, 0.15) is 18.7 Å². The van der Waals surface area contributed by atoms with Gasteiger partial charge in [0.05, 0.1) is 32.9 Å². The number of benzene rings is 2. The lowest BCUT2D eigenvalue weighted by molar-refractivity contribution is -0.121. The van der Waals surface area contributed by atoms with Crippen molar-refractivity contribution in [2.24, 2.45) is 5.92 Å². The van der Waals surface area contributed by atoms with Gasteiger partial charge in [0.1, 0.15) is 0 Å². The third-order valence-corrected chi connectivity index (χ3v) is 6.22. The van der Waals surface area contributed by atoms with E-state index in [1.165, 1.54) is 0 Å². The minimum absolute atomic E-state index is 0.00339. The minimum atomic E-state index is -0.124. The van der Waals surface area contributed by atoms with Gasteiger partial charge in [-0.3, -0.25) is 9.69 Å². The number of rotatable bonds is 8. The van der Waals surface area contributed by atoms with Crippen LogP contribution in [0.2, 0.25) is 0 Å². The first-order valence-corrected chi connectivity index (χ1v) is 11.7. The van der Waals surface area contributed by atoms with Crippen molar-refractivity contribution in [3.63, 3.8) is 0 Å². The molecule has 0 aliphatic carbocycles. The van der Waals surface area contributed by atoms with E-state index in [1.807, 2.05) is 36.4 Å². The van der Waals surface area contributed by atoms with Gasteiger partial charge in [0.25, 0.3) is 0 Å². The van der Waals surface area contributed by atoms with Crippen molar-refractivity contribution in [3.8, 4) is 34.2 Å². The molecule has 0 spiro atoms. The minimum Gasteiger partial charge on any atom is -0.493 e. The summed E-state index contributed by atoms with van der Waals surface area (Å²) >= 11 is 0. The van der Waals surface area contributed by atoms with E-state index in [0.29, 0.717) is 42.1 Å². The normalized spacial score (nSPS) is 16.0. The first kappa shape index (κ1) is 23.6. The lowest BCUT2D eigenvalue weighted by Crippen LogP contribution is -2.40. The number of hydrogen-bond acceptors (Lipinski definition) is 9. The lowest BCUT2D eigenvalue weighted by atomic mass is 9.97. The van der Waals surface area contributed by atoms with Gasteiger partial charge in [-0.15, -0.1) is 0 Å². The Kier molecular flexibility index (Phi) is 6.94. The molecular weight excluding hydrogens is 462 g/mol. The van der Waals surface area contributed by atoms with Crippen LogP contribution in [0.3, 0.4) is 0 Å². The highest BCUT2D eigenvalue weighted by molar-refractivity contribution is 5.93. The van der Waals surface area contributed by atoms with Crippen LogP contribution in [0.5, 0.6) is 11.5 Å². The topological polar surface area (TPSA) is 116 Å². The summed E-state index contributed by atoms with van der Waals surface area (Å²) in [4.78, 5) is 19.7. The Hall–Kier alpha value is -4.18. The van der Waals surface area contributed by atoms with E-state index in [1.54, 1.807) is 32.5 Å². The average molecular weight is 490 g/mol. The van der Waals surface area contributed by atoms with Crippen LogP contribution in [-0.2, 0) is 11.3 Å². The molecule has 1 N–H and O–H groups in total. The summed E-state index contributed by atoms with van der Waals surface area (Å²) in [7, 11) is 3.17. The Balaban J connectivity index is 1.18. The summed E-state index contributed by atoms with van der Waals surface area (Å²) in [6.07, 6.45) is 3.35. The van der Waals surface area contributed by atoms with Gasteiger partial charge in [0.2, 0.25) is 17.6 Å². The molecule has 0 saturated carbocycles. The van der Waals surface area contributed by atoms with E-state index in [0.717, 1.165) is 36.2 Å². The average Bonchev–Trinajstić information content (AvgIpc) is 3.62. The molecule has 1 saturated heterocycles. The van der Waals surface area contributed by atoms with Crippen molar-refractivity contribution in [2.75, 3.05) is 32.6 Å². The highest BCUT2D eigenvalue weighted by Gasteiger charge is 2.27. The Bertz CT molecular complexity index is 1300. The number of nitrogens with zero attached hydrogens (tertiary/aromatic N) is 4. The van der Waals surface area contributed by atoms with E-state index in [9.17, 15) is 4.79 Å². The van der Waals surface area contributed by atoms with Crippen molar-refractivity contribution in [1.82, 2.24) is 20.2 Å². The quantitative estimate of drug-likeness (QED) is 0.387. The number of anilines is 1. The van der Waals surface area contributed by atoms with Gasteiger partial charge in [-0.05, 0) is 61.9 Å². The lowest BCUT2D eigenvalue weighted by Gasteiger charge is -2.30. The fourth-order valence-corrected chi connectivity index (χ4v) is 4.34. The molecule has 10 nitrogen and oxygen atoms in total. The van der Waals surface area contributed by atoms with Gasteiger partial charge in [-0.1, -0.05) is 10.3 Å². The molecule has 2 aromatic heterocycles. The Morgan fingerprint density at radius 2 is 1.86 bits per heavy atom. The molecule has 2 aromatic carbocycles. The second kappa shape index (κ2) is 10.6. The van der Waals surface area contributed by atoms with Gasteiger partial charge in [-0.2, -0.15) is 4.98 Å².